The topological polar surface area (TPSA) is 78.4 Å². The van der Waals surface area contributed by atoms with Crippen LogP contribution in [-0.4, -0.2) is 23.7 Å². The molecule has 8 heteroatoms. The van der Waals surface area contributed by atoms with Gasteiger partial charge in [-0.2, -0.15) is 13.2 Å². The summed E-state index contributed by atoms with van der Waals surface area (Å²) in [5.41, 5.74) is -0.908. The van der Waals surface area contributed by atoms with E-state index in [9.17, 15) is 22.8 Å². The molecule has 0 heterocycles. The molecular weight excluding hydrogens is 277 g/mol. The molecule has 1 atom stereocenters. The Labute approximate surface area is 112 Å². The minimum atomic E-state index is -4.49. The summed E-state index contributed by atoms with van der Waals surface area (Å²) in [4.78, 5) is 21.9. The molecule has 0 bridgehead atoms. The Bertz CT molecular complexity index is 503. The maximum absolute atomic E-state index is 12.5. The zero-order valence-electron chi connectivity index (χ0n) is 10.5. The van der Waals surface area contributed by atoms with Crippen LogP contribution in [0.2, 0.25) is 0 Å². The van der Waals surface area contributed by atoms with Crippen LogP contribution >= 0.6 is 0 Å². The van der Waals surface area contributed by atoms with Crippen LogP contribution in [0.1, 0.15) is 12.5 Å². The molecule has 0 aliphatic rings. The van der Waals surface area contributed by atoms with Gasteiger partial charge in [-0.25, -0.2) is 4.79 Å². The Balaban J connectivity index is 2.61. The third-order valence-corrected chi connectivity index (χ3v) is 2.44. The van der Waals surface area contributed by atoms with Gasteiger partial charge in [0, 0.05) is 12.2 Å². The van der Waals surface area contributed by atoms with Gasteiger partial charge < -0.3 is 15.7 Å². The minimum Gasteiger partial charge on any atom is -0.481 e. The van der Waals surface area contributed by atoms with Crippen molar-refractivity contribution in [2.75, 3.05) is 11.9 Å². The molecule has 0 aromatic heterocycles. The molecule has 1 aromatic carbocycles. The van der Waals surface area contributed by atoms with Gasteiger partial charge in [-0.15, -0.1) is 0 Å². The average Bonchev–Trinajstić information content (AvgIpc) is 2.35. The van der Waals surface area contributed by atoms with E-state index in [-0.39, 0.29) is 12.2 Å². The molecule has 1 rings (SSSR count). The maximum Gasteiger partial charge on any atom is 0.416 e. The predicted molar refractivity (Wildman–Crippen MR) is 65.3 cm³/mol. The van der Waals surface area contributed by atoms with Crippen LogP contribution in [0.4, 0.5) is 23.7 Å². The monoisotopic (exact) mass is 290 g/mol. The Kier molecular flexibility index (Phi) is 4.95. The molecule has 0 saturated heterocycles. The quantitative estimate of drug-likeness (QED) is 0.797. The number of aliphatic carboxylic acids is 1. The molecule has 3 N–H and O–H groups in total. The number of carbonyl (C=O) groups excluding carboxylic acids is 1. The van der Waals surface area contributed by atoms with Crippen molar-refractivity contribution in [3.63, 3.8) is 0 Å². The molecule has 2 amide bonds. The molecule has 0 aliphatic heterocycles. The lowest BCUT2D eigenvalue weighted by molar-refractivity contribution is -0.141. The van der Waals surface area contributed by atoms with Crippen molar-refractivity contribution in [2.24, 2.45) is 5.92 Å². The lowest BCUT2D eigenvalue weighted by Crippen LogP contribution is -2.34. The van der Waals surface area contributed by atoms with Crippen molar-refractivity contribution in [1.82, 2.24) is 5.32 Å². The Morgan fingerprint density at radius 1 is 1.35 bits per heavy atom. The second-order valence-corrected chi connectivity index (χ2v) is 4.15. The number of carbonyl (C=O) groups is 2. The van der Waals surface area contributed by atoms with Gasteiger partial charge in [-0.3, -0.25) is 4.79 Å². The van der Waals surface area contributed by atoms with Crippen molar-refractivity contribution < 1.29 is 27.9 Å². The van der Waals surface area contributed by atoms with Crippen LogP contribution in [0.3, 0.4) is 0 Å². The van der Waals surface area contributed by atoms with Gasteiger partial charge in [0.05, 0.1) is 11.5 Å². The number of benzene rings is 1. The second kappa shape index (κ2) is 6.27. The number of urea groups is 1. The number of halogens is 3. The number of alkyl halides is 3. The maximum atomic E-state index is 12.5. The average molecular weight is 290 g/mol. The van der Waals surface area contributed by atoms with Crippen molar-refractivity contribution in [2.45, 2.75) is 13.1 Å². The third-order valence-electron chi connectivity index (χ3n) is 2.44. The summed E-state index contributed by atoms with van der Waals surface area (Å²) in [6, 6.07) is 3.38. The lowest BCUT2D eigenvalue weighted by atomic mass is 10.2. The molecule has 0 saturated carbocycles. The van der Waals surface area contributed by atoms with E-state index in [2.05, 4.69) is 10.6 Å². The van der Waals surface area contributed by atoms with Crippen LogP contribution in [0.15, 0.2) is 24.3 Å². The van der Waals surface area contributed by atoms with E-state index in [0.29, 0.717) is 0 Å². The van der Waals surface area contributed by atoms with Crippen molar-refractivity contribution >= 4 is 17.7 Å². The van der Waals surface area contributed by atoms with Gasteiger partial charge in [-0.1, -0.05) is 13.0 Å². The standard InChI is InChI=1S/C12H13F3N2O3/c1-7(10(18)19)6-16-11(20)17-9-4-2-3-8(5-9)12(13,14)15/h2-5,7H,6H2,1H3,(H,18,19)(H2,16,17,20). The van der Waals surface area contributed by atoms with Gasteiger partial charge in [0.15, 0.2) is 0 Å². The van der Waals surface area contributed by atoms with E-state index in [0.717, 1.165) is 18.2 Å². The highest BCUT2D eigenvalue weighted by molar-refractivity contribution is 5.89. The smallest absolute Gasteiger partial charge is 0.416 e. The largest absolute Gasteiger partial charge is 0.481 e. The number of anilines is 1. The van der Waals surface area contributed by atoms with Gasteiger partial charge in [0.25, 0.3) is 0 Å². The van der Waals surface area contributed by atoms with Gasteiger partial charge >= 0.3 is 18.2 Å². The SMILES string of the molecule is CC(CNC(=O)Nc1cccc(C(F)(F)F)c1)C(=O)O. The summed E-state index contributed by atoms with van der Waals surface area (Å²) >= 11 is 0. The fourth-order valence-electron chi connectivity index (χ4n) is 1.28. The number of carboxylic acids is 1. The summed E-state index contributed by atoms with van der Waals surface area (Å²) in [6.07, 6.45) is -4.49. The second-order valence-electron chi connectivity index (χ2n) is 4.15. The zero-order valence-corrected chi connectivity index (χ0v) is 10.5. The van der Waals surface area contributed by atoms with Crippen LogP contribution in [0.25, 0.3) is 0 Å². The summed E-state index contributed by atoms with van der Waals surface area (Å²) in [6.45, 7) is 1.27. The van der Waals surface area contributed by atoms with E-state index in [1.165, 1.54) is 13.0 Å². The number of amides is 2. The molecule has 0 fully saturated rings. The number of nitrogens with one attached hydrogen (secondary N) is 2. The lowest BCUT2D eigenvalue weighted by Gasteiger charge is -2.11. The third kappa shape index (κ3) is 4.79. The van der Waals surface area contributed by atoms with Gasteiger partial charge in [-0.05, 0) is 18.2 Å². The highest BCUT2D eigenvalue weighted by atomic mass is 19.4. The predicted octanol–water partition coefficient (Wildman–Crippen LogP) is 2.55. The van der Waals surface area contributed by atoms with Gasteiger partial charge in [0.2, 0.25) is 0 Å². The molecule has 5 nitrogen and oxygen atoms in total. The fraction of sp³-hybridized carbons (Fsp3) is 0.333. The number of hydrogen-bond acceptors (Lipinski definition) is 2. The normalized spacial score (nSPS) is 12.6. The molecule has 0 radical (unpaired) electrons. The molecule has 1 aromatic rings. The van der Waals surface area contributed by atoms with E-state index in [1.54, 1.807) is 0 Å². The van der Waals surface area contributed by atoms with Gasteiger partial charge in [0.1, 0.15) is 0 Å². The minimum absolute atomic E-state index is 0.0275. The Hall–Kier alpha value is -2.25. The first-order chi connectivity index (χ1) is 9.20. The molecule has 0 aliphatic carbocycles. The highest BCUT2D eigenvalue weighted by Gasteiger charge is 2.30. The van der Waals surface area contributed by atoms with Crippen LogP contribution < -0.4 is 10.6 Å². The molecule has 110 valence electrons. The number of hydrogen-bond donors (Lipinski definition) is 3. The molecule has 1 unspecified atom stereocenters. The summed E-state index contributed by atoms with van der Waals surface area (Å²) < 4.78 is 37.4. The summed E-state index contributed by atoms with van der Waals surface area (Å²) in [5.74, 6) is -1.87. The Morgan fingerprint density at radius 2 is 2.00 bits per heavy atom. The van der Waals surface area contributed by atoms with Crippen LogP contribution in [0, 0.1) is 5.92 Å². The van der Waals surface area contributed by atoms with Crippen molar-refractivity contribution in [1.29, 1.82) is 0 Å². The number of carboxylic acid groups (broad SMARTS) is 1. The first-order valence-corrected chi connectivity index (χ1v) is 5.65. The molecule has 20 heavy (non-hydrogen) atoms. The first-order valence-electron chi connectivity index (χ1n) is 5.65. The summed E-state index contributed by atoms with van der Waals surface area (Å²) in [7, 11) is 0. The van der Waals surface area contributed by atoms with E-state index in [4.69, 9.17) is 5.11 Å². The molecular formula is C12H13F3N2O3. The van der Waals surface area contributed by atoms with E-state index >= 15 is 0 Å². The van der Waals surface area contributed by atoms with Crippen LogP contribution in [-0.2, 0) is 11.0 Å². The molecule has 0 spiro atoms. The van der Waals surface area contributed by atoms with E-state index < -0.39 is 29.7 Å². The van der Waals surface area contributed by atoms with Crippen molar-refractivity contribution in [3.05, 3.63) is 29.8 Å². The van der Waals surface area contributed by atoms with Crippen LogP contribution in [0.5, 0.6) is 0 Å². The number of rotatable bonds is 4. The first kappa shape index (κ1) is 15.8. The highest BCUT2D eigenvalue weighted by Crippen LogP contribution is 2.30. The van der Waals surface area contributed by atoms with E-state index in [1.807, 2.05) is 0 Å². The summed E-state index contributed by atoms with van der Waals surface area (Å²) in [5, 5.41) is 13.1. The Morgan fingerprint density at radius 3 is 2.55 bits per heavy atom. The van der Waals surface area contributed by atoms with Crippen molar-refractivity contribution in [3.8, 4) is 0 Å². The zero-order chi connectivity index (χ0) is 15.3. The fourth-order valence-corrected chi connectivity index (χ4v) is 1.28.